The summed E-state index contributed by atoms with van der Waals surface area (Å²) >= 11 is 0. The Morgan fingerprint density at radius 2 is 1.64 bits per heavy atom. The molecule has 1 aromatic carbocycles. The predicted octanol–water partition coefficient (Wildman–Crippen LogP) is 8.37. The Morgan fingerprint density at radius 3 is 2.29 bits per heavy atom. The molecule has 42 heavy (non-hydrogen) atoms. The third kappa shape index (κ3) is 4.03. The van der Waals surface area contributed by atoms with Crippen molar-refractivity contribution in [2.75, 3.05) is 13.2 Å². The number of allylic oxidation sites excluding steroid dienone is 3. The summed E-state index contributed by atoms with van der Waals surface area (Å²) in [5.74, 6) is 2.33. The number of carboxylic acid groups (broad SMARTS) is 1. The molecule has 4 nitrogen and oxygen atoms in total. The molecule has 4 fully saturated rings. The zero-order valence-corrected chi connectivity index (χ0v) is 27.1. The number of carboxylic acids is 1. The number of fused-ring (bicyclic) bond motifs is 7. The van der Waals surface area contributed by atoms with Gasteiger partial charge in [0.1, 0.15) is 0 Å². The second kappa shape index (κ2) is 10.1. The van der Waals surface area contributed by atoms with E-state index in [9.17, 15) is 15.0 Å². The first-order chi connectivity index (χ1) is 19.7. The molecule has 6 rings (SSSR count). The summed E-state index contributed by atoms with van der Waals surface area (Å²) in [7, 11) is 0. The highest BCUT2D eigenvalue weighted by Crippen LogP contribution is 2.76. The van der Waals surface area contributed by atoms with Crippen molar-refractivity contribution in [2.24, 2.45) is 51.2 Å². The molecule has 0 unspecified atom stereocenters. The monoisotopic (exact) mass is 573 g/mol. The van der Waals surface area contributed by atoms with Crippen LogP contribution in [0.25, 0.3) is 5.57 Å². The van der Waals surface area contributed by atoms with Crippen LogP contribution in [-0.2, 0) is 0 Å². The topological polar surface area (TPSA) is 69.6 Å². The number of hydrogen-bond acceptors (Lipinski definition) is 3. The zero-order valence-electron chi connectivity index (χ0n) is 27.1. The minimum Gasteiger partial charge on any atom is -0.478 e. The van der Waals surface area contributed by atoms with Gasteiger partial charge in [-0.05, 0) is 139 Å². The Kier molecular flexibility index (Phi) is 7.22. The molecule has 9 atom stereocenters. The molecule has 5 aliphatic carbocycles. The van der Waals surface area contributed by atoms with Gasteiger partial charge in [-0.25, -0.2) is 4.79 Å². The third-order valence-electron chi connectivity index (χ3n) is 14.7. The van der Waals surface area contributed by atoms with Gasteiger partial charge in [-0.15, -0.1) is 0 Å². The maximum absolute atomic E-state index is 11.5. The van der Waals surface area contributed by atoms with Crippen LogP contribution in [0.5, 0.6) is 0 Å². The first kappa shape index (κ1) is 30.1. The van der Waals surface area contributed by atoms with E-state index in [0.29, 0.717) is 52.5 Å². The molecule has 3 N–H and O–H groups in total. The van der Waals surface area contributed by atoms with Gasteiger partial charge < -0.3 is 15.5 Å². The molecule has 1 aromatic rings. The van der Waals surface area contributed by atoms with Crippen molar-refractivity contribution in [3.8, 4) is 0 Å². The Bertz CT molecular complexity index is 1280. The van der Waals surface area contributed by atoms with Gasteiger partial charge in [0.2, 0.25) is 0 Å². The molecule has 0 amide bonds. The SMILES string of the molecule is C=C(C)[C@@H]1CC[C@]2(NCCO)CC[C@]3(C)[C@H](CC[C@@H]4[C@@]5(C)CC=C(c6ccc(C(=O)O)cc6)C(C)(C)[C@@H]5CC[C@]43C)[C@@H]12. The van der Waals surface area contributed by atoms with Crippen LogP contribution >= 0.6 is 0 Å². The second-order valence-corrected chi connectivity index (χ2v) is 16.4. The number of aliphatic hydroxyl groups excluding tert-OH is 1. The fourth-order valence-electron chi connectivity index (χ4n) is 12.6. The van der Waals surface area contributed by atoms with Gasteiger partial charge >= 0.3 is 5.97 Å². The number of benzene rings is 1. The van der Waals surface area contributed by atoms with Crippen molar-refractivity contribution in [1.29, 1.82) is 0 Å². The predicted molar refractivity (Wildman–Crippen MR) is 171 cm³/mol. The highest BCUT2D eigenvalue weighted by atomic mass is 16.4. The van der Waals surface area contributed by atoms with Crippen molar-refractivity contribution in [3.05, 3.63) is 53.6 Å². The molecule has 0 bridgehead atoms. The minimum absolute atomic E-state index is 0.0310. The van der Waals surface area contributed by atoms with Gasteiger partial charge in [0.25, 0.3) is 0 Å². The Hall–Kier alpha value is -1.91. The van der Waals surface area contributed by atoms with Crippen LogP contribution in [0.1, 0.15) is 115 Å². The second-order valence-electron chi connectivity index (χ2n) is 16.4. The number of aromatic carboxylic acids is 1. The van der Waals surface area contributed by atoms with Crippen molar-refractivity contribution in [1.82, 2.24) is 5.32 Å². The van der Waals surface area contributed by atoms with Gasteiger partial charge in [0.15, 0.2) is 0 Å². The van der Waals surface area contributed by atoms with Crippen molar-refractivity contribution in [3.63, 3.8) is 0 Å². The normalized spacial score (nSPS) is 43.8. The lowest BCUT2D eigenvalue weighted by molar-refractivity contribution is -0.219. The molecule has 5 aliphatic rings. The minimum atomic E-state index is -0.863. The van der Waals surface area contributed by atoms with E-state index in [4.69, 9.17) is 0 Å². The summed E-state index contributed by atoms with van der Waals surface area (Å²) in [5.41, 5.74) is 5.35. The zero-order chi connectivity index (χ0) is 30.3. The average Bonchev–Trinajstić information content (AvgIpc) is 3.32. The Labute approximate surface area is 254 Å². The number of rotatable bonds is 6. The molecular formula is C38H55NO3. The Morgan fingerprint density at radius 1 is 0.929 bits per heavy atom. The average molecular weight is 574 g/mol. The molecule has 4 heteroatoms. The van der Waals surface area contributed by atoms with Crippen LogP contribution in [-0.4, -0.2) is 34.9 Å². The fraction of sp³-hybridized carbons (Fsp3) is 0.711. The van der Waals surface area contributed by atoms with E-state index < -0.39 is 5.97 Å². The molecule has 0 aliphatic heterocycles. The number of carbonyl (C=O) groups is 1. The van der Waals surface area contributed by atoms with Crippen molar-refractivity contribution in [2.45, 2.75) is 105 Å². The number of aliphatic hydroxyl groups is 1. The largest absolute Gasteiger partial charge is 0.478 e. The lowest BCUT2D eigenvalue weighted by Crippen LogP contribution is -2.68. The van der Waals surface area contributed by atoms with E-state index in [1.807, 2.05) is 12.1 Å². The van der Waals surface area contributed by atoms with Gasteiger partial charge in [-0.3, -0.25) is 0 Å². The van der Waals surface area contributed by atoms with Crippen molar-refractivity contribution >= 4 is 11.5 Å². The van der Waals surface area contributed by atoms with Crippen molar-refractivity contribution < 1.29 is 15.0 Å². The summed E-state index contributed by atoms with van der Waals surface area (Å²) in [5, 5.41) is 23.1. The summed E-state index contributed by atoms with van der Waals surface area (Å²) in [4.78, 5) is 11.5. The smallest absolute Gasteiger partial charge is 0.335 e. The maximum atomic E-state index is 11.5. The van der Waals surface area contributed by atoms with Crippen LogP contribution in [0.2, 0.25) is 0 Å². The third-order valence-corrected chi connectivity index (χ3v) is 14.7. The quantitative estimate of drug-likeness (QED) is 0.299. The van der Waals surface area contributed by atoms with Gasteiger partial charge in [-0.1, -0.05) is 65.0 Å². The summed E-state index contributed by atoms with van der Waals surface area (Å²) in [6, 6.07) is 7.58. The molecular weight excluding hydrogens is 518 g/mol. The summed E-state index contributed by atoms with van der Waals surface area (Å²) in [6.45, 7) is 20.6. The van der Waals surface area contributed by atoms with E-state index >= 15 is 0 Å². The molecule has 0 spiro atoms. The lowest BCUT2D eigenvalue weighted by Gasteiger charge is -2.72. The molecule has 4 saturated carbocycles. The Balaban J connectivity index is 1.35. The molecule has 0 aromatic heterocycles. The van der Waals surface area contributed by atoms with Crippen LogP contribution in [0.3, 0.4) is 0 Å². The molecule has 230 valence electrons. The first-order valence-corrected chi connectivity index (χ1v) is 16.8. The van der Waals surface area contributed by atoms with Crippen LogP contribution in [0.4, 0.5) is 0 Å². The lowest BCUT2D eigenvalue weighted by atomic mass is 9.33. The standard InChI is InChI=1S/C38H55NO3/c1-24(2)27-14-19-38(39-22-23-40)21-20-36(6)29(32(27)38)12-13-31-35(5)17-15-28(25-8-10-26(11-9-25)33(41)42)34(3,4)30(35)16-18-37(31,36)7/h8-11,15,27,29-32,39-40H,1,12-14,16-23H2,2-7H3,(H,41,42)/t27-,29+,30-,31+,32+,35-,36+,37+,38-/m0/s1. The first-order valence-electron chi connectivity index (χ1n) is 16.8. The van der Waals surface area contributed by atoms with E-state index in [1.165, 1.54) is 68.1 Å². The summed E-state index contributed by atoms with van der Waals surface area (Å²) < 4.78 is 0. The highest BCUT2D eigenvalue weighted by molar-refractivity contribution is 5.88. The van der Waals surface area contributed by atoms with E-state index in [1.54, 1.807) is 12.1 Å². The molecule has 0 heterocycles. The maximum Gasteiger partial charge on any atom is 0.335 e. The fourth-order valence-corrected chi connectivity index (χ4v) is 12.6. The molecule has 0 radical (unpaired) electrons. The van der Waals surface area contributed by atoms with E-state index in [-0.39, 0.29) is 23.0 Å². The number of hydrogen-bond donors (Lipinski definition) is 3. The highest BCUT2D eigenvalue weighted by Gasteiger charge is 2.70. The van der Waals surface area contributed by atoms with Gasteiger partial charge in [-0.2, -0.15) is 0 Å². The van der Waals surface area contributed by atoms with Crippen LogP contribution in [0.15, 0.2) is 42.5 Å². The molecule has 0 saturated heterocycles. The van der Waals surface area contributed by atoms with Crippen LogP contribution < -0.4 is 5.32 Å². The van der Waals surface area contributed by atoms with E-state index in [0.717, 1.165) is 6.42 Å². The number of nitrogens with one attached hydrogen (secondary N) is 1. The van der Waals surface area contributed by atoms with Crippen LogP contribution in [0, 0.1) is 51.2 Å². The van der Waals surface area contributed by atoms with Gasteiger partial charge in [0.05, 0.1) is 12.2 Å². The number of β-amino-alcohol motifs (C(OH)–C–C–N with tert-alkyl or cyclic N) is 1. The van der Waals surface area contributed by atoms with E-state index in [2.05, 4.69) is 59.5 Å². The summed E-state index contributed by atoms with van der Waals surface area (Å²) in [6.07, 6.45) is 13.8. The van der Waals surface area contributed by atoms with Gasteiger partial charge in [0, 0.05) is 12.1 Å².